The van der Waals surface area contributed by atoms with Gasteiger partial charge in [-0.05, 0) is 85.4 Å². The average molecular weight is 456 g/mol. The molecule has 0 aliphatic rings. The summed E-state index contributed by atoms with van der Waals surface area (Å²) < 4.78 is 6.14. The van der Waals surface area contributed by atoms with Gasteiger partial charge in [0, 0.05) is 5.92 Å². The second-order valence-corrected chi connectivity index (χ2v) is 8.80. The molecular weight excluding hydrogens is 414 g/mol. The Balaban J connectivity index is 0.000000430. The lowest BCUT2D eigenvalue weighted by atomic mass is 9.93. The zero-order chi connectivity index (χ0) is 24.6. The number of nitrogens with zero attached hydrogens (tertiary/aromatic N) is 1. The van der Waals surface area contributed by atoms with E-state index in [1.807, 2.05) is 13.0 Å². The molecule has 3 aromatic carbocycles. The van der Waals surface area contributed by atoms with Crippen LogP contribution in [-0.2, 0) is 19.3 Å². The molecule has 0 fully saturated rings. The molecule has 180 valence electrons. The van der Waals surface area contributed by atoms with Crippen molar-refractivity contribution < 1.29 is 4.74 Å². The molecule has 0 radical (unpaired) electrons. The highest BCUT2D eigenvalue weighted by Gasteiger charge is 2.11. The van der Waals surface area contributed by atoms with E-state index in [2.05, 4.69) is 93.6 Å². The van der Waals surface area contributed by atoms with Gasteiger partial charge in [0.1, 0.15) is 5.75 Å². The number of benzene rings is 3. The molecular formula is C32H41NO. The first-order valence-electron chi connectivity index (χ1n) is 12.9. The van der Waals surface area contributed by atoms with Crippen LogP contribution in [0.25, 0.3) is 11.1 Å². The van der Waals surface area contributed by atoms with E-state index in [1.165, 1.54) is 27.8 Å². The predicted octanol–water partition coefficient (Wildman–Crippen LogP) is 8.83. The van der Waals surface area contributed by atoms with Gasteiger partial charge in [0.15, 0.2) is 0 Å². The standard InChI is InChI=1S/C24H31NO.C8H10/c1-4-11-22-17-24(26-15-10-9-12-19(3)18-25)20(5-2)16-23(22)21-13-7-6-8-14-21;1-2-8-6-4-3-5-7-8/h6-8,13-14,16-17,19H,4-5,9-12,15H2,1-3H3;3-7H,2H2,1H3. The van der Waals surface area contributed by atoms with Crippen LogP contribution in [0.4, 0.5) is 0 Å². The molecule has 0 heterocycles. The predicted molar refractivity (Wildman–Crippen MR) is 145 cm³/mol. The number of aryl methyl sites for hydroxylation is 3. The zero-order valence-corrected chi connectivity index (χ0v) is 21.5. The monoisotopic (exact) mass is 455 g/mol. The summed E-state index contributed by atoms with van der Waals surface area (Å²) in [6.45, 7) is 9.27. The minimum Gasteiger partial charge on any atom is -0.493 e. The van der Waals surface area contributed by atoms with Crippen molar-refractivity contribution in [3.05, 3.63) is 89.5 Å². The first-order valence-corrected chi connectivity index (χ1v) is 12.9. The van der Waals surface area contributed by atoms with Crippen molar-refractivity contribution in [2.45, 2.75) is 72.6 Å². The van der Waals surface area contributed by atoms with Crippen LogP contribution in [0.5, 0.6) is 5.75 Å². The highest BCUT2D eigenvalue weighted by molar-refractivity contribution is 5.70. The fourth-order valence-electron chi connectivity index (χ4n) is 3.95. The van der Waals surface area contributed by atoms with Crippen LogP contribution in [0.3, 0.4) is 0 Å². The molecule has 0 aliphatic carbocycles. The molecule has 0 amide bonds. The molecule has 0 aliphatic heterocycles. The van der Waals surface area contributed by atoms with E-state index in [1.54, 1.807) is 0 Å². The van der Waals surface area contributed by atoms with Gasteiger partial charge in [-0.25, -0.2) is 0 Å². The molecule has 2 heteroatoms. The largest absolute Gasteiger partial charge is 0.493 e. The lowest BCUT2D eigenvalue weighted by Gasteiger charge is -2.17. The Morgan fingerprint density at radius 2 is 1.50 bits per heavy atom. The van der Waals surface area contributed by atoms with E-state index in [-0.39, 0.29) is 5.92 Å². The van der Waals surface area contributed by atoms with E-state index in [0.29, 0.717) is 0 Å². The zero-order valence-electron chi connectivity index (χ0n) is 21.5. The van der Waals surface area contributed by atoms with Gasteiger partial charge >= 0.3 is 0 Å². The van der Waals surface area contributed by atoms with Crippen molar-refractivity contribution in [2.75, 3.05) is 6.61 Å². The number of unbranched alkanes of at least 4 members (excludes halogenated alkanes) is 1. The summed E-state index contributed by atoms with van der Waals surface area (Å²) in [6.07, 6.45) is 7.28. The molecule has 2 nitrogen and oxygen atoms in total. The lowest BCUT2D eigenvalue weighted by Crippen LogP contribution is -2.03. The summed E-state index contributed by atoms with van der Waals surface area (Å²) in [5.74, 6) is 1.17. The first kappa shape index (κ1) is 27.2. The van der Waals surface area contributed by atoms with Crippen LogP contribution in [0.15, 0.2) is 72.8 Å². The van der Waals surface area contributed by atoms with Gasteiger partial charge in [0.2, 0.25) is 0 Å². The highest BCUT2D eigenvalue weighted by Crippen LogP contribution is 2.32. The Kier molecular flexibility index (Phi) is 12.6. The van der Waals surface area contributed by atoms with Gasteiger partial charge in [-0.15, -0.1) is 0 Å². The van der Waals surface area contributed by atoms with Crippen LogP contribution in [-0.4, -0.2) is 6.61 Å². The second-order valence-electron chi connectivity index (χ2n) is 8.80. The molecule has 0 spiro atoms. The molecule has 0 saturated carbocycles. The van der Waals surface area contributed by atoms with Crippen LogP contribution < -0.4 is 4.74 Å². The fourth-order valence-corrected chi connectivity index (χ4v) is 3.95. The minimum absolute atomic E-state index is 0.141. The quantitative estimate of drug-likeness (QED) is 0.271. The van der Waals surface area contributed by atoms with Gasteiger partial charge in [-0.3, -0.25) is 0 Å². The van der Waals surface area contributed by atoms with E-state index < -0.39 is 0 Å². The Bertz CT molecular complexity index is 989. The summed E-state index contributed by atoms with van der Waals surface area (Å²) in [4.78, 5) is 0. The summed E-state index contributed by atoms with van der Waals surface area (Å²) in [6, 6.07) is 28.0. The molecule has 1 unspecified atom stereocenters. The van der Waals surface area contributed by atoms with Crippen molar-refractivity contribution in [3.63, 3.8) is 0 Å². The van der Waals surface area contributed by atoms with E-state index in [4.69, 9.17) is 10.00 Å². The fraction of sp³-hybridized carbons (Fsp3) is 0.406. The molecule has 1 atom stereocenters. The van der Waals surface area contributed by atoms with Crippen molar-refractivity contribution in [2.24, 2.45) is 5.92 Å². The average Bonchev–Trinajstić information content (AvgIpc) is 2.90. The SMILES string of the molecule is CCCc1cc(OCCCCC(C)C#N)c(CC)cc1-c1ccccc1.CCc1ccccc1. The molecule has 34 heavy (non-hydrogen) atoms. The van der Waals surface area contributed by atoms with Gasteiger partial charge < -0.3 is 4.74 Å². The van der Waals surface area contributed by atoms with Gasteiger partial charge in [-0.2, -0.15) is 5.26 Å². The third-order valence-corrected chi connectivity index (χ3v) is 6.03. The van der Waals surface area contributed by atoms with Crippen molar-refractivity contribution in [3.8, 4) is 22.9 Å². The van der Waals surface area contributed by atoms with Crippen molar-refractivity contribution >= 4 is 0 Å². The Morgan fingerprint density at radius 1 is 0.824 bits per heavy atom. The normalized spacial score (nSPS) is 11.1. The number of ether oxygens (including phenoxy) is 1. The summed E-state index contributed by atoms with van der Waals surface area (Å²) in [7, 11) is 0. The molecule has 0 N–H and O–H groups in total. The molecule has 0 bridgehead atoms. The Morgan fingerprint density at radius 3 is 2.06 bits per heavy atom. The van der Waals surface area contributed by atoms with Gasteiger partial charge in [-0.1, -0.05) is 87.9 Å². The minimum atomic E-state index is 0.141. The molecule has 3 aromatic rings. The lowest BCUT2D eigenvalue weighted by molar-refractivity contribution is 0.300. The van der Waals surface area contributed by atoms with Crippen LogP contribution in [0, 0.1) is 17.2 Å². The number of hydrogen-bond donors (Lipinski definition) is 0. The van der Waals surface area contributed by atoms with Gasteiger partial charge in [0.05, 0.1) is 12.7 Å². The van der Waals surface area contributed by atoms with Crippen LogP contribution >= 0.6 is 0 Å². The number of nitriles is 1. The number of hydrogen-bond acceptors (Lipinski definition) is 2. The maximum atomic E-state index is 8.86. The second kappa shape index (κ2) is 15.7. The van der Waals surface area contributed by atoms with Crippen molar-refractivity contribution in [1.29, 1.82) is 5.26 Å². The third kappa shape index (κ3) is 9.06. The molecule has 0 aromatic heterocycles. The van der Waals surface area contributed by atoms with E-state index in [0.717, 1.165) is 57.3 Å². The first-order chi connectivity index (χ1) is 16.6. The molecule has 3 rings (SSSR count). The van der Waals surface area contributed by atoms with Crippen LogP contribution in [0.2, 0.25) is 0 Å². The van der Waals surface area contributed by atoms with Crippen molar-refractivity contribution in [1.82, 2.24) is 0 Å². The summed E-state index contributed by atoms with van der Waals surface area (Å²) in [5.41, 5.74) is 6.66. The number of rotatable bonds is 11. The van der Waals surface area contributed by atoms with Gasteiger partial charge in [0.25, 0.3) is 0 Å². The Hall–Kier alpha value is -3.05. The third-order valence-electron chi connectivity index (χ3n) is 6.03. The van der Waals surface area contributed by atoms with E-state index >= 15 is 0 Å². The maximum Gasteiger partial charge on any atom is 0.122 e. The summed E-state index contributed by atoms with van der Waals surface area (Å²) >= 11 is 0. The molecule has 0 saturated heterocycles. The smallest absolute Gasteiger partial charge is 0.122 e. The summed E-state index contributed by atoms with van der Waals surface area (Å²) in [5, 5.41) is 8.86. The Labute approximate surface area is 207 Å². The highest BCUT2D eigenvalue weighted by atomic mass is 16.5. The maximum absolute atomic E-state index is 8.86. The van der Waals surface area contributed by atoms with Crippen LogP contribution in [0.1, 0.15) is 70.1 Å². The topological polar surface area (TPSA) is 33.0 Å². The van der Waals surface area contributed by atoms with E-state index in [9.17, 15) is 0 Å².